The number of benzene rings is 2. The Balaban J connectivity index is 1.41. The monoisotopic (exact) mass is 391 g/mol. The molecule has 0 aromatic heterocycles. The van der Waals surface area contributed by atoms with E-state index in [1.807, 2.05) is 24.3 Å². The van der Waals surface area contributed by atoms with Gasteiger partial charge in [-0.2, -0.15) is 0 Å². The molecule has 4 rings (SSSR count). The molecule has 1 aliphatic carbocycles. The molecule has 150 valence electrons. The number of ether oxygens (including phenoxy) is 1. The van der Waals surface area contributed by atoms with Crippen molar-refractivity contribution in [3.63, 3.8) is 0 Å². The molecule has 2 aromatic rings. The highest BCUT2D eigenvalue weighted by molar-refractivity contribution is 5.79. The van der Waals surface area contributed by atoms with E-state index in [4.69, 9.17) is 9.84 Å². The topological polar surface area (TPSA) is 66.8 Å². The average molecular weight is 391 g/mol. The highest BCUT2D eigenvalue weighted by Crippen LogP contribution is 2.44. The number of hydrogen-bond donors (Lipinski definition) is 1. The number of likely N-dealkylation sites (tertiary alicyclic amines) is 1. The second-order valence-electron chi connectivity index (χ2n) is 7.93. The quantitative estimate of drug-likeness (QED) is 0.752. The third-order valence-electron chi connectivity index (χ3n) is 6.29. The van der Waals surface area contributed by atoms with Gasteiger partial charge in [0.25, 0.3) is 0 Å². The van der Waals surface area contributed by atoms with Crippen molar-refractivity contribution in [2.45, 2.75) is 25.2 Å². The zero-order valence-electron chi connectivity index (χ0n) is 16.3. The third-order valence-corrected chi connectivity index (χ3v) is 6.29. The first-order valence-corrected chi connectivity index (χ1v) is 9.98. The maximum absolute atomic E-state index is 12.7. The van der Waals surface area contributed by atoms with Gasteiger partial charge in [0.1, 0.15) is 6.61 Å². The van der Waals surface area contributed by atoms with Crippen molar-refractivity contribution >= 4 is 12.1 Å². The number of carbonyl (C=O) groups excluding carboxylic acids is 1. The van der Waals surface area contributed by atoms with Gasteiger partial charge in [-0.05, 0) is 35.1 Å². The predicted octanol–water partition coefficient (Wildman–Crippen LogP) is 4.68. The van der Waals surface area contributed by atoms with Crippen LogP contribution in [0.1, 0.15) is 36.3 Å². The van der Waals surface area contributed by atoms with Crippen LogP contribution in [-0.4, -0.2) is 41.8 Å². The minimum absolute atomic E-state index is 0.0374. The number of nitrogens with zero attached hydrogens (tertiary/aromatic N) is 1. The summed E-state index contributed by atoms with van der Waals surface area (Å²) in [6.45, 7) is 5.07. The summed E-state index contributed by atoms with van der Waals surface area (Å²) in [6.07, 6.45) is 2.63. The average Bonchev–Trinajstić information content (AvgIpc) is 3.06. The number of allylic oxidation sites excluding steroid dienone is 1. The van der Waals surface area contributed by atoms with E-state index in [1.165, 1.54) is 22.3 Å². The number of amides is 1. The summed E-state index contributed by atoms with van der Waals surface area (Å²) in [5.41, 5.74) is 4.34. The normalized spacial score (nSPS) is 17.3. The lowest BCUT2D eigenvalue weighted by Crippen LogP contribution is -2.43. The molecule has 0 saturated carbocycles. The molecule has 1 aliphatic heterocycles. The Morgan fingerprint density at radius 3 is 2.14 bits per heavy atom. The van der Waals surface area contributed by atoms with Crippen molar-refractivity contribution in [2.24, 2.45) is 5.41 Å². The molecule has 2 aliphatic rings. The Morgan fingerprint density at radius 2 is 1.62 bits per heavy atom. The van der Waals surface area contributed by atoms with Crippen molar-refractivity contribution in [3.05, 3.63) is 72.3 Å². The molecule has 5 nitrogen and oxygen atoms in total. The van der Waals surface area contributed by atoms with Gasteiger partial charge in [0.15, 0.2) is 0 Å². The van der Waals surface area contributed by atoms with Gasteiger partial charge in [-0.3, -0.25) is 4.79 Å². The maximum atomic E-state index is 12.7. The highest BCUT2D eigenvalue weighted by atomic mass is 16.6. The molecule has 1 N–H and O–H groups in total. The first-order valence-electron chi connectivity index (χ1n) is 9.98. The smallest absolute Gasteiger partial charge is 0.409 e. The van der Waals surface area contributed by atoms with Gasteiger partial charge in [0.05, 0.1) is 6.42 Å². The molecular weight excluding hydrogens is 366 g/mol. The van der Waals surface area contributed by atoms with Crippen LogP contribution in [-0.2, 0) is 9.53 Å². The molecule has 0 atom stereocenters. The van der Waals surface area contributed by atoms with E-state index < -0.39 is 11.4 Å². The molecule has 0 unspecified atom stereocenters. The van der Waals surface area contributed by atoms with Gasteiger partial charge in [-0.1, -0.05) is 54.6 Å². The summed E-state index contributed by atoms with van der Waals surface area (Å²) in [5, 5.41) is 9.15. The Hall–Kier alpha value is -3.08. The van der Waals surface area contributed by atoms with Gasteiger partial charge in [-0.15, -0.1) is 6.58 Å². The summed E-state index contributed by atoms with van der Waals surface area (Å²) in [5.74, 6) is -0.796. The highest BCUT2D eigenvalue weighted by Gasteiger charge is 2.36. The molecule has 0 spiro atoms. The van der Waals surface area contributed by atoms with E-state index in [9.17, 15) is 9.59 Å². The molecule has 1 amide bonds. The SMILES string of the molecule is C=CC1(CC(=O)O)CCN(C(=O)OCC2c3ccccc3-c3ccccc32)CC1. The van der Waals surface area contributed by atoms with Crippen LogP contribution in [0.15, 0.2) is 61.2 Å². The first kappa shape index (κ1) is 19.2. The molecule has 29 heavy (non-hydrogen) atoms. The second kappa shape index (κ2) is 7.74. The zero-order chi connectivity index (χ0) is 20.4. The fraction of sp³-hybridized carbons (Fsp3) is 0.333. The van der Waals surface area contributed by atoms with Crippen molar-refractivity contribution in [3.8, 4) is 11.1 Å². The van der Waals surface area contributed by atoms with Crippen LogP contribution in [0.25, 0.3) is 11.1 Å². The molecule has 2 aromatic carbocycles. The van der Waals surface area contributed by atoms with Gasteiger partial charge in [0, 0.05) is 24.4 Å². The van der Waals surface area contributed by atoms with Gasteiger partial charge < -0.3 is 14.7 Å². The number of carbonyl (C=O) groups is 2. The summed E-state index contributed by atoms with van der Waals surface area (Å²) < 4.78 is 5.71. The van der Waals surface area contributed by atoms with Crippen LogP contribution in [0, 0.1) is 5.41 Å². The van der Waals surface area contributed by atoms with E-state index in [0.29, 0.717) is 32.5 Å². The number of rotatable bonds is 5. The second-order valence-corrected chi connectivity index (χ2v) is 7.93. The number of aliphatic carboxylic acids is 1. The summed E-state index contributed by atoms with van der Waals surface area (Å²) >= 11 is 0. The van der Waals surface area contributed by atoms with Gasteiger partial charge in [-0.25, -0.2) is 4.79 Å². The fourth-order valence-electron chi connectivity index (χ4n) is 4.57. The van der Waals surface area contributed by atoms with E-state index in [1.54, 1.807) is 11.0 Å². The maximum Gasteiger partial charge on any atom is 0.409 e. The Bertz CT molecular complexity index is 898. The Kier molecular flexibility index (Phi) is 5.14. The van der Waals surface area contributed by atoms with Gasteiger partial charge >= 0.3 is 12.1 Å². The minimum Gasteiger partial charge on any atom is -0.481 e. The van der Waals surface area contributed by atoms with E-state index in [-0.39, 0.29) is 18.4 Å². The number of hydrogen-bond acceptors (Lipinski definition) is 3. The zero-order valence-corrected chi connectivity index (χ0v) is 16.3. The minimum atomic E-state index is -0.834. The van der Waals surface area contributed by atoms with Crippen molar-refractivity contribution in [2.75, 3.05) is 19.7 Å². The Labute approximate surface area is 170 Å². The van der Waals surface area contributed by atoms with Crippen LogP contribution in [0.2, 0.25) is 0 Å². The van der Waals surface area contributed by atoms with Crippen molar-refractivity contribution in [1.29, 1.82) is 0 Å². The van der Waals surface area contributed by atoms with E-state index in [0.717, 1.165) is 0 Å². The molecule has 1 saturated heterocycles. The fourth-order valence-corrected chi connectivity index (χ4v) is 4.57. The molecule has 5 heteroatoms. The molecule has 1 fully saturated rings. The molecule has 0 radical (unpaired) electrons. The Morgan fingerprint density at radius 1 is 1.07 bits per heavy atom. The van der Waals surface area contributed by atoms with E-state index >= 15 is 0 Å². The number of fused-ring (bicyclic) bond motifs is 3. The number of carboxylic acid groups (broad SMARTS) is 1. The lowest BCUT2D eigenvalue weighted by Gasteiger charge is -2.38. The first-order chi connectivity index (χ1) is 14.0. The van der Waals surface area contributed by atoms with Gasteiger partial charge in [0.2, 0.25) is 0 Å². The largest absolute Gasteiger partial charge is 0.481 e. The van der Waals surface area contributed by atoms with Crippen molar-refractivity contribution < 1.29 is 19.4 Å². The molecular formula is C24H25NO4. The third kappa shape index (κ3) is 3.65. The molecule has 1 heterocycles. The summed E-state index contributed by atoms with van der Waals surface area (Å²) in [4.78, 5) is 25.5. The summed E-state index contributed by atoms with van der Waals surface area (Å²) in [7, 11) is 0. The standard InChI is InChI=1S/C24H25NO4/c1-2-24(15-22(26)27)11-13-25(14-12-24)23(28)29-16-21-19-9-5-3-7-17(19)18-8-4-6-10-20(18)21/h2-10,21H,1,11-16H2,(H,26,27). The number of carboxylic acids is 1. The number of piperidine rings is 1. The van der Waals surface area contributed by atoms with Crippen LogP contribution < -0.4 is 0 Å². The lowest BCUT2D eigenvalue weighted by molar-refractivity contribution is -0.139. The van der Waals surface area contributed by atoms with Crippen LogP contribution >= 0.6 is 0 Å². The lowest BCUT2D eigenvalue weighted by atomic mass is 9.76. The van der Waals surface area contributed by atoms with Crippen LogP contribution in [0.5, 0.6) is 0 Å². The summed E-state index contributed by atoms with van der Waals surface area (Å²) in [6, 6.07) is 16.5. The van der Waals surface area contributed by atoms with Crippen molar-refractivity contribution in [1.82, 2.24) is 4.90 Å². The van der Waals surface area contributed by atoms with Crippen LogP contribution in [0.3, 0.4) is 0 Å². The van der Waals surface area contributed by atoms with E-state index in [2.05, 4.69) is 30.8 Å². The molecule has 0 bridgehead atoms. The van der Waals surface area contributed by atoms with Crippen LogP contribution in [0.4, 0.5) is 4.79 Å². The predicted molar refractivity (Wildman–Crippen MR) is 111 cm³/mol.